The average Bonchev–Trinajstić information content (AvgIpc) is 2.43. The lowest BCUT2D eigenvalue weighted by Crippen LogP contribution is -2.29. The van der Waals surface area contributed by atoms with Crippen molar-refractivity contribution in [2.75, 3.05) is 4.90 Å². The summed E-state index contributed by atoms with van der Waals surface area (Å²) in [6, 6.07) is 9.42. The van der Waals surface area contributed by atoms with E-state index in [1.807, 2.05) is 30.3 Å². The summed E-state index contributed by atoms with van der Waals surface area (Å²) in [5, 5.41) is 0. The molecule has 1 atom stereocenters. The molecule has 2 nitrogen and oxygen atoms in total. The van der Waals surface area contributed by atoms with Gasteiger partial charge < -0.3 is 0 Å². The molecule has 1 saturated heterocycles. The number of carbonyl (C=O) groups is 1. The van der Waals surface area contributed by atoms with E-state index in [0.29, 0.717) is 4.32 Å². The van der Waals surface area contributed by atoms with Crippen molar-refractivity contribution in [1.29, 1.82) is 0 Å². The van der Waals surface area contributed by atoms with E-state index in [9.17, 15) is 4.79 Å². The number of para-hydroxylation sites is 1. The summed E-state index contributed by atoms with van der Waals surface area (Å²) in [7, 11) is 0. The Bertz CT molecular complexity index is 382. The summed E-state index contributed by atoms with van der Waals surface area (Å²) in [6.45, 7) is 0. The third-order valence-corrected chi connectivity index (χ3v) is 4.03. The number of amides is 1. The molecule has 1 unspecified atom stereocenters. The van der Waals surface area contributed by atoms with Crippen LogP contribution in [0.1, 0.15) is 0 Å². The molecule has 0 N–H and O–H groups in total. The van der Waals surface area contributed by atoms with Crippen LogP contribution in [0.25, 0.3) is 0 Å². The summed E-state index contributed by atoms with van der Waals surface area (Å²) in [4.78, 5) is 13.2. The Morgan fingerprint density at radius 1 is 1.36 bits per heavy atom. The zero-order valence-corrected chi connectivity index (χ0v) is 10.2. The van der Waals surface area contributed by atoms with Gasteiger partial charge in [-0.15, -0.1) is 0 Å². The van der Waals surface area contributed by atoms with Crippen LogP contribution in [-0.2, 0) is 4.79 Å². The quantitative estimate of drug-likeness (QED) is 0.585. The highest BCUT2D eigenvalue weighted by molar-refractivity contribution is 9.12. The maximum atomic E-state index is 11.7. The summed E-state index contributed by atoms with van der Waals surface area (Å²) >= 11 is 9.74. The third kappa shape index (κ3) is 1.71. The average molecular weight is 288 g/mol. The monoisotopic (exact) mass is 287 g/mol. The fourth-order valence-electron chi connectivity index (χ4n) is 1.19. The van der Waals surface area contributed by atoms with Gasteiger partial charge in [-0.1, -0.05) is 58.1 Å². The summed E-state index contributed by atoms with van der Waals surface area (Å²) in [5.74, 6) is -0.00815. The van der Waals surface area contributed by atoms with Gasteiger partial charge in [-0.25, -0.2) is 0 Å². The molecule has 1 aromatic rings. The lowest BCUT2D eigenvalue weighted by atomic mass is 10.3. The van der Waals surface area contributed by atoms with Gasteiger partial charge in [0.15, 0.2) is 0 Å². The van der Waals surface area contributed by atoms with Crippen molar-refractivity contribution in [2.24, 2.45) is 0 Å². The number of alkyl halides is 1. The zero-order chi connectivity index (χ0) is 10.1. The van der Waals surface area contributed by atoms with Crippen molar-refractivity contribution < 1.29 is 4.79 Å². The molecule has 1 aromatic carbocycles. The van der Waals surface area contributed by atoms with Gasteiger partial charge >= 0.3 is 0 Å². The normalized spacial score (nSPS) is 21.8. The second-order valence-electron chi connectivity index (χ2n) is 2.71. The highest BCUT2D eigenvalue weighted by atomic mass is 79.9. The number of halogens is 1. The van der Waals surface area contributed by atoms with E-state index in [1.54, 1.807) is 4.90 Å². The van der Waals surface area contributed by atoms with Crippen molar-refractivity contribution in [3.63, 3.8) is 0 Å². The SMILES string of the molecule is O=C1C(Br)SC(=S)N1c1ccccc1. The molecule has 0 aromatic heterocycles. The topological polar surface area (TPSA) is 20.3 Å². The number of hydrogen-bond acceptors (Lipinski definition) is 3. The predicted molar refractivity (Wildman–Crippen MR) is 66.8 cm³/mol. The number of nitrogens with zero attached hydrogens (tertiary/aromatic N) is 1. The minimum absolute atomic E-state index is 0.00815. The first kappa shape index (κ1) is 10.1. The van der Waals surface area contributed by atoms with Crippen LogP contribution in [0, 0.1) is 0 Å². The minimum atomic E-state index is -0.241. The molecule has 2 rings (SSSR count). The largest absolute Gasteiger partial charge is 0.272 e. The van der Waals surface area contributed by atoms with Crippen molar-refractivity contribution in [3.8, 4) is 0 Å². The maximum absolute atomic E-state index is 11.7. The van der Waals surface area contributed by atoms with E-state index < -0.39 is 0 Å². The molecule has 1 aliphatic heterocycles. The molecule has 1 amide bonds. The van der Waals surface area contributed by atoms with Crippen LogP contribution in [0.2, 0.25) is 0 Å². The van der Waals surface area contributed by atoms with E-state index >= 15 is 0 Å². The molecule has 1 aliphatic rings. The molecule has 0 spiro atoms. The first-order valence-electron chi connectivity index (χ1n) is 3.94. The number of carbonyl (C=O) groups excluding carboxylic acids is 1. The zero-order valence-electron chi connectivity index (χ0n) is 7.01. The molecule has 0 saturated carbocycles. The molecule has 14 heavy (non-hydrogen) atoms. The molecule has 0 radical (unpaired) electrons. The number of thiocarbonyl (C=S) groups is 1. The standard InChI is InChI=1S/C9H6BrNOS2/c10-7-8(12)11(9(13)14-7)6-4-2-1-3-5-6/h1-5,7H. The Labute approximate surface area is 99.8 Å². The highest BCUT2D eigenvalue weighted by Gasteiger charge is 2.35. The lowest BCUT2D eigenvalue weighted by Gasteiger charge is -2.14. The number of hydrogen-bond donors (Lipinski definition) is 0. The number of anilines is 1. The van der Waals surface area contributed by atoms with E-state index in [4.69, 9.17) is 12.2 Å². The van der Waals surface area contributed by atoms with E-state index in [-0.39, 0.29) is 10.1 Å². The van der Waals surface area contributed by atoms with Gasteiger partial charge in [-0.05, 0) is 12.1 Å². The van der Waals surface area contributed by atoms with Crippen LogP contribution >= 0.6 is 39.9 Å². The molecule has 72 valence electrons. The van der Waals surface area contributed by atoms with Crippen molar-refractivity contribution in [1.82, 2.24) is 0 Å². The molecular weight excluding hydrogens is 282 g/mol. The third-order valence-electron chi connectivity index (χ3n) is 1.82. The van der Waals surface area contributed by atoms with E-state index in [2.05, 4.69) is 15.9 Å². The summed E-state index contributed by atoms with van der Waals surface area (Å²) in [5.41, 5.74) is 0.831. The summed E-state index contributed by atoms with van der Waals surface area (Å²) < 4.78 is 0.360. The maximum Gasteiger partial charge on any atom is 0.256 e. The number of rotatable bonds is 1. The predicted octanol–water partition coefficient (Wildman–Crippen LogP) is 2.77. The lowest BCUT2D eigenvalue weighted by molar-refractivity contribution is -0.115. The van der Waals surface area contributed by atoms with E-state index in [1.165, 1.54) is 11.8 Å². The van der Waals surface area contributed by atoms with Gasteiger partial charge in [0.25, 0.3) is 5.91 Å². The highest BCUT2D eigenvalue weighted by Crippen LogP contribution is 2.34. The molecule has 1 heterocycles. The fraction of sp³-hybridized carbons (Fsp3) is 0.111. The minimum Gasteiger partial charge on any atom is -0.272 e. The van der Waals surface area contributed by atoms with Gasteiger partial charge in [-0.3, -0.25) is 9.69 Å². The van der Waals surface area contributed by atoms with Crippen LogP contribution in [0.4, 0.5) is 5.69 Å². The van der Waals surface area contributed by atoms with Gasteiger partial charge in [0.2, 0.25) is 0 Å². The van der Waals surface area contributed by atoms with E-state index in [0.717, 1.165) is 5.69 Å². The molecular formula is C9H6BrNOS2. The Hall–Kier alpha value is -0.390. The Kier molecular flexibility index (Phi) is 2.90. The van der Waals surface area contributed by atoms with Crippen molar-refractivity contribution in [3.05, 3.63) is 30.3 Å². The smallest absolute Gasteiger partial charge is 0.256 e. The molecule has 5 heteroatoms. The van der Waals surface area contributed by atoms with Gasteiger partial charge in [0, 0.05) is 0 Å². The Balaban J connectivity index is 2.36. The summed E-state index contributed by atoms with van der Waals surface area (Å²) in [6.07, 6.45) is 0. The molecule has 1 fully saturated rings. The van der Waals surface area contributed by atoms with Gasteiger partial charge in [0.1, 0.15) is 8.48 Å². The number of benzene rings is 1. The van der Waals surface area contributed by atoms with Crippen molar-refractivity contribution >= 4 is 55.8 Å². The first-order valence-corrected chi connectivity index (χ1v) is 6.14. The van der Waals surface area contributed by atoms with Crippen LogP contribution in [0.5, 0.6) is 0 Å². The molecule has 0 aliphatic carbocycles. The van der Waals surface area contributed by atoms with Crippen LogP contribution < -0.4 is 4.90 Å². The fourth-order valence-corrected chi connectivity index (χ4v) is 3.47. The van der Waals surface area contributed by atoms with Crippen LogP contribution in [0.15, 0.2) is 30.3 Å². The Morgan fingerprint density at radius 3 is 2.50 bits per heavy atom. The Morgan fingerprint density at radius 2 is 2.00 bits per heavy atom. The van der Waals surface area contributed by atoms with Crippen LogP contribution in [-0.4, -0.2) is 14.4 Å². The second kappa shape index (κ2) is 4.00. The first-order chi connectivity index (χ1) is 6.70. The van der Waals surface area contributed by atoms with Gasteiger partial charge in [0.05, 0.1) is 5.69 Å². The van der Waals surface area contributed by atoms with Crippen molar-refractivity contribution in [2.45, 2.75) is 4.16 Å². The second-order valence-corrected chi connectivity index (χ2v) is 5.97. The van der Waals surface area contributed by atoms with Gasteiger partial charge in [-0.2, -0.15) is 0 Å². The number of thioether (sulfide) groups is 1. The van der Waals surface area contributed by atoms with Crippen LogP contribution in [0.3, 0.4) is 0 Å². The molecule has 0 bridgehead atoms.